The van der Waals surface area contributed by atoms with Gasteiger partial charge in [0.25, 0.3) is 0 Å². The number of halogens is 1. The first-order valence-electron chi connectivity index (χ1n) is 5.51. The molecule has 0 saturated heterocycles. The molecule has 0 aliphatic rings. The maximum Gasteiger partial charge on any atom is 0.0820 e. The molecule has 0 radical (unpaired) electrons. The summed E-state index contributed by atoms with van der Waals surface area (Å²) in [5.41, 5.74) is 2.26. The second-order valence-electron chi connectivity index (χ2n) is 4.09. The number of pyridine rings is 1. The number of aryl methyl sites for hydroxylation is 2. The van der Waals surface area contributed by atoms with Crippen LogP contribution in [0.25, 0.3) is 0 Å². The average molecular weight is 267 g/mol. The Balaban J connectivity index is 2.20. The fraction of sp³-hybridized carbons (Fsp3) is 0.308. The lowest BCUT2D eigenvalue weighted by molar-refractivity contribution is 0.881. The van der Waals surface area contributed by atoms with E-state index >= 15 is 0 Å². The fourth-order valence-corrected chi connectivity index (χ4v) is 3.08. The average Bonchev–Trinajstić information content (AvgIpc) is 2.61. The molecule has 0 aliphatic heterocycles. The first-order valence-corrected chi connectivity index (χ1v) is 6.70. The minimum atomic E-state index is 0.250. The molecule has 0 bridgehead atoms. The molecule has 2 nitrogen and oxygen atoms in total. The van der Waals surface area contributed by atoms with Crippen LogP contribution in [0.15, 0.2) is 24.5 Å². The number of aromatic nitrogens is 1. The van der Waals surface area contributed by atoms with Crippen molar-refractivity contribution in [2.45, 2.75) is 26.8 Å². The van der Waals surface area contributed by atoms with Crippen LogP contribution in [0.4, 0.5) is 5.69 Å². The number of hydrogen-bond donors (Lipinski definition) is 1. The van der Waals surface area contributed by atoms with E-state index in [4.69, 9.17) is 11.6 Å². The molecule has 1 N–H and O–H groups in total. The Morgan fingerprint density at radius 1 is 1.41 bits per heavy atom. The van der Waals surface area contributed by atoms with Gasteiger partial charge in [-0.15, -0.1) is 11.3 Å². The fourth-order valence-electron chi connectivity index (χ4n) is 1.88. The van der Waals surface area contributed by atoms with Crippen LogP contribution in [0.2, 0.25) is 5.02 Å². The van der Waals surface area contributed by atoms with Crippen molar-refractivity contribution in [1.29, 1.82) is 0 Å². The summed E-state index contributed by atoms with van der Waals surface area (Å²) in [5.74, 6) is 0. The van der Waals surface area contributed by atoms with Crippen LogP contribution >= 0.6 is 22.9 Å². The maximum absolute atomic E-state index is 6.08. The lowest BCUT2D eigenvalue weighted by atomic mass is 10.1. The molecule has 0 amide bonds. The summed E-state index contributed by atoms with van der Waals surface area (Å²) in [7, 11) is 0. The van der Waals surface area contributed by atoms with Crippen molar-refractivity contribution < 1.29 is 0 Å². The van der Waals surface area contributed by atoms with Crippen LogP contribution in [-0.4, -0.2) is 4.98 Å². The van der Waals surface area contributed by atoms with E-state index in [2.05, 4.69) is 37.1 Å². The van der Waals surface area contributed by atoms with Gasteiger partial charge in [0.1, 0.15) is 0 Å². The van der Waals surface area contributed by atoms with E-state index in [-0.39, 0.29) is 6.04 Å². The predicted molar refractivity (Wildman–Crippen MR) is 75.1 cm³/mol. The van der Waals surface area contributed by atoms with Gasteiger partial charge in [0.2, 0.25) is 0 Å². The molecule has 0 spiro atoms. The molecule has 2 heterocycles. The first kappa shape index (κ1) is 12.4. The molecule has 0 fully saturated rings. The van der Waals surface area contributed by atoms with Crippen molar-refractivity contribution >= 4 is 28.6 Å². The first-order chi connectivity index (χ1) is 8.08. The highest BCUT2D eigenvalue weighted by molar-refractivity contribution is 7.12. The SMILES string of the molecule is Cc1cc(C(C)Nc2ccncc2Cl)c(C)s1. The zero-order valence-corrected chi connectivity index (χ0v) is 11.7. The predicted octanol–water partition coefficient (Wildman–Crippen LogP) is 4.59. The number of nitrogens with one attached hydrogen (secondary N) is 1. The summed E-state index contributed by atoms with van der Waals surface area (Å²) in [6.45, 7) is 6.43. The highest BCUT2D eigenvalue weighted by Gasteiger charge is 2.12. The van der Waals surface area contributed by atoms with Crippen LogP contribution in [-0.2, 0) is 0 Å². The van der Waals surface area contributed by atoms with Crippen molar-refractivity contribution in [3.8, 4) is 0 Å². The van der Waals surface area contributed by atoms with Crippen molar-refractivity contribution in [1.82, 2.24) is 4.98 Å². The summed E-state index contributed by atoms with van der Waals surface area (Å²) >= 11 is 7.91. The number of nitrogens with zero attached hydrogens (tertiary/aromatic N) is 1. The molecule has 4 heteroatoms. The van der Waals surface area contributed by atoms with E-state index in [1.807, 2.05) is 17.4 Å². The topological polar surface area (TPSA) is 24.9 Å². The third-order valence-electron chi connectivity index (χ3n) is 2.69. The van der Waals surface area contributed by atoms with Gasteiger partial charge >= 0.3 is 0 Å². The molecular weight excluding hydrogens is 252 g/mol. The second-order valence-corrected chi connectivity index (χ2v) is 5.96. The van der Waals surface area contributed by atoms with E-state index in [1.54, 1.807) is 12.4 Å². The van der Waals surface area contributed by atoms with Crippen LogP contribution < -0.4 is 5.32 Å². The number of thiophene rings is 1. The maximum atomic E-state index is 6.08. The summed E-state index contributed by atoms with van der Waals surface area (Å²) in [6.07, 6.45) is 3.40. The lowest BCUT2D eigenvalue weighted by Crippen LogP contribution is -2.07. The van der Waals surface area contributed by atoms with Gasteiger partial charge in [-0.3, -0.25) is 4.98 Å². The third kappa shape index (κ3) is 2.79. The molecular formula is C13H15ClN2S. The van der Waals surface area contributed by atoms with Gasteiger partial charge in [0.05, 0.1) is 10.7 Å². The summed E-state index contributed by atoms with van der Waals surface area (Å²) in [5, 5.41) is 4.07. The Labute approximate surface area is 111 Å². The molecule has 2 aromatic rings. The normalized spacial score (nSPS) is 12.5. The monoisotopic (exact) mass is 266 g/mol. The van der Waals surface area contributed by atoms with Gasteiger partial charge in [0.15, 0.2) is 0 Å². The van der Waals surface area contributed by atoms with Crippen LogP contribution in [0, 0.1) is 13.8 Å². The van der Waals surface area contributed by atoms with Gasteiger partial charge in [-0.05, 0) is 38.5 Å². The molecule has 17 heavy (non-hydrogen) atoms. The molecule has 0 saturated carbocycles. The van der Waals surface area contributed by atoms with Crippen LogP contribution in [0.3, 0.4) is 0 Å². The highest BCUT2D eigenvalue weighted by atomic mass is 35.5. The van der Waals surface area contributed by atoms with E-state index in [1.165, 1.54) is 15.3 Å². The summed E-state index contributed by atoms with van der Waals surface area (Å²) in [6, 6.07) is 4.38. The van der Waals surface area contributed by atoms with Crippen molar-refractivity contribution in [2.75, 3.05) is 5.32 Å². The summed E-state index contributed by atoms with van der Waals surface area (Å²) < 4.78 is 0. The smallest absolute Gasteiger partial charge is 0.0820 e. The Hall–Kier alpha value is -1.06. The van der Waals surface area contributed by atoms with Crippen molar-refractivity contribution in [3.05, 3.63) is 44.9 Å². The van der Waals surface area contributed by atoms with Gasteiger partial charge in [-0.1, -0.05) is 11.6 Å². The van der Waals surface area contributed by atoms with Gasteiger partial charge in [0, 0.05) is 28.2 Å². The third-order valence-corrected chi connectivity index (χ3v) is 3.97. The van der Waals surface area contributed by atoms with E-state index < -0.39 is 0 Å². The molecule has 90 valence electrons. The number of hydrogen-bond acceptors (Lipinski definition) is 3. The van der Waals surface area contributed by atoms with Gasteiger partial charge in [-0.2, -0.15) is 0 Å². The zero-order chi connectivity index (χ0) is 12.4. The zero-order valence-electron chi connectivity index (χ0n) is 10.1. The largest absolute Gasteiger partial charge is 0.377 e. The molecule has 1 atom stereocenters. The number of anilines is 1. The molecule has 2 rings (SSSR count). The molecule has 0 aromatic carbocycles. The number of rotatable bonds is 3. The van der Waals surface area contributed by atoms with E-state index in [0.29, 0.717) is 5.02 Å². The Bertz CT molecular complexity index is 522. The van der Waals surface area contributed by atoms with Gasteiger partial charge in [-0.25, -0.2) is 0 Å². The van der Waals surface area contributed by atoms with E-state index in [9.17, 15) is 0 Å². The van der Waals surface area contributed by atoms with E-state index in [0.717, 1.165) is 5.69 Å². The highest BCUT2D eigenvalue weighted by Crippen LogP contribution is 2.30. The Morgan fingerprint density at radius 2 is 2.18 bits per heavy atom. The minimum Gasteiger partial charge on any atom is -0.377 e. The standard InChI is InChI=1S/C13H15ClN2S/c1-8-6-11(10(3)17-8)9(2)16-13-4-5-15-7-12(13)14/h4-7,9H,1-3H3,(H,15,16). The Morgan fingerprint density at radius 3 is 2.76 bits per heavy atom. The van der Waals surface area contributed by atoms with Gasteiger partial charge < -0.3 is 5.32 Å². The lowest BCUT2D eigenvalue weighted by Gasteiger charge is -2.16. The molecule has 0 aliphatic carbocycles. The van der Waals surface area contributed by atoms with Crippen LogP contribution in [0.1, 0.15) is 28.3 Å². The second kappa shape index (κ2) is 5.07. The quantitative estimate of drug-likeness (QED) is 0.879. The van der Waals surface area contributed by atoms with Crippen molar-refractivity contribution in [2.24, 2.45) is 0 Å². The minimum absolute atomic E-state index is 0.250. The summed E-state index contributed by atoms with van der Waals surface area (Å²) in [4.78, 5) is 6.67. The Kier molecular flexibility index (Phi) is 3.69. The van der Waals surface area contributed by atoms with Crippen molar-refractivity contribution in [3.63, 3.8) is 0 Å². The molecule has 1 unspecified atom stereocenters. The van der Waals surface area contributed by atoms with Crippen LogP contribution in [0.5, 0.6) is 0 Å². The molecule has 2 aromatic heterocycles.